The van der Waals surface area contributed by atoms with Crippen LogP contribution in [-0.4, -0.2) is 35.9 Å². The highest BCUT2D eigenvalue weighted by Crippen LogP contribution is 2.22. The van der Waals surface area contributed by atoms with Crippen LogP contribution in [0.1, 0.15) is 51.8 Å². The molecule has 6 aromatic carbocycles. The van der Waals surface area contributed by atoms with Crippen LogP contribution in [0.15, 0.2) is 152 Å². The lowest BCUT2D eigenvalue weighted by Gasteiger charge is -2.13. The van der Waals surface area contributed by atoms with Gasteiger partial charge >= 0.3 is 0 Å². The molecule has 6 N–H and O–H groups in total. The van der Waals surface area contributed by atoms with E-state index in [0.717, 1.165) is 0 Å². The van der Waals surface area contributed by atoms with E-state index in [1.54, 1.807) is 133 Å². The Kier molecular flexibility index (Phi) is 11.3. The van der Waals surface area contributed by atoms with Crippen LogP contribution in [0.5, 0.6) is 0 Å². The number of carbonyl (C=O) groups is 6. The highest BCUT2D eigenvalue weighted by atomic mass is 16.2. The van der Waals surface area contributed by atoms with Crippen molar-refractivity contribution in [2.24, 2.45) is 0 Å². The molecule has 0 saturated carbocycles. The fourth-order valence-corrected chi connectivity index (χ4v) is 5.32. The first-order chi connectivity index (χ1) is 26.2. The van der Waals surface area contributed by atoms with E-state index in [0.29, 0.717) is 51.7 Å². The standard InChI is InChI=1S/C42H32N6O6/c49-26-43-32-14-7-15-33(23-32)46-40(52)29-20-30(41(53)47-36-18-8-16-34(24-36)44-38(50)27-10-3-1-4-11-27)22-31(21-29)42(54)48-37-19-9-17-35(25-37)45-39(51)28-12-5-2-6-13-28/h1-26H,(H,43,49)(H,44,50)(H,45,51)(H,46,52)(H,47,53)(H,48,54). The van der Waals surface area contributed by atoms with Crippen molar-refractivity contribution in [3.8, 4) is 0 Å². The molecule has 0 spiro atoms. The fourth-order valence-electron chi connectivity index (χ4n) is 5.32. The maximum absolute atomic E-state index is 13.7. The quantitative estimate of drug-likeness (QED) is 0.0715. The van der Waals surface area contributed by atoms with Gasteiger partial charge in [-0.1, -0.05) is 54.6 Å². The summed E-state index contributed by atoms with van der Waals surface area (Å²) in [6.45, 7) is 0. The normalized spacial score (nSPS) is 10.3. The fraction of sp³-hybridized carbons (Fsp3) is 0. The largest absolute Gasteiger partial charge is 0.329 e. The maximum atomic E-state index is 13.7. The summed E-state index contributed by atoms with van der Waals surface area (Å²) in [6.07, 6.45) is 0.508. The summed E-state index contributed by atoms with van der Waals surface area (Å²) in [5.74, 6) is -2.55. The van der Waals surface area contributed by atoms with Crippen molar-refractivity contribution in [2.75, 3.05) is 31.9 Å². The Balaban J connectivity index is 1.24. The van der Waals surface area contributed by atoms with Crippen LogP contribution < -0.4 is 31.9 Å². The Morgan fingerprint density at radius 2 is 0.593 bits per heavy atom. The molecule has 0 aromatic heterocycles. The number of nitrogens with one attached hydrogen (secondary N) is 6. The summed E-state index contributed by atoms with van der Waals surface area (Å²) in [5.41, 5.74) is 3.27. The van der Waals surface area contributed by atoms with Gasteiger partial charge < -0.3 is 31.9 Å². The van der Waals surface area contributed by atoms with E-state index in [4.69, 9.17) is 0 Å². The number of hydrogen-bond acceptors (Lipinski definition) is 6. The molecule has 6 aromatic rings. The van der Waals surface area contributed by atoms with Gasteiger partial charge in [0.2, 0.25) is 6.41 Å². The number of amides is 6. The zero-order valence-corrected chi connectivity index (χ0v) is 28.5. The summed E-state index contributed by atoms with van der Waals surface area (Å²) in [6, 6.07) is 40.9. The predicted octanol–water partition coefficient (Wildman–Crippen LogP) is 7.52. The third-order valence-corrected chi connectivity index (χ3v) is 7.89. The molecule has 0 aliphatic carbocycles. The van der Waals surface area contributed by atoms with Crippen molar-refractivity contribution in [1.82, 2.24) is 0 Å². The molecular formula is C42H32N6O6. The lowest BCUT2D eigenvalue weighted by atomic mass is 10.0. The Morgan fingerprint density at radius 1 is 0.315 bits per heavy atom. The summed E-state index contributed by atoms with van der Waals surface area (Å²) >= 11 is 0. The molecule has 0 bridgehead atoms. The Labute approximate surface area is 309 Å². The van der Waals surface area contributed by atoms with Gasteiger partial charge in [-0.3, -0.25) is 28.8 Å². The molecule has 0 aliphatic rings. The van der Waals surface area contributed by atoms with Crippen molar-refractivity contribution in [3.63, 3.8) is 0 Å². The van der Waals surface area contributed by atoms with E-state index in [2.05, 4.69) is 31.9 Å². The number of anilines is 6. The minimum atomic E-state index is -0.631. The Hall–Kier alpha value is -7.86. The zero-order chi connectivity index (χ0) is 37.9. The van der Waals surface area contributed by atoms with Gasteiger partial charge in [-0.05, 0) is 97.1 Å². The van der Waals surface area contributed by atoms with Crippen molar-refractivity contribution >= 4 is 70.1 Å². The molecule has 0 unspecified atom stereocenters. The molecule has 6 rings (SSSR count). The topological polar surface area (TPSA) is 175 Å². The Bertz CT molecular complexity index is 2240. The molecule has 0 aliphatic heterocycles. The highest BCUT2D eigenvalue weighted by Gasteiger charge is 2.18. The SMILES string of the molecule is O=CNc1cccc(NC(=O)c2cc(C(=O)Nc3cccc(NC(=O)c4ccccc4)c3)cc(C(=O)Nc3cccc(NC(=O)c4ccccc4)c3)c2)c1. The second kappa shape index (κ2) is 16.9. The lowest BCUT2D eigenvalue weighted by Crippen LogP contribution is -2.19. The number of hydrogen-bond donors (Lipinski definition) is 6. The van der Waals surface area contributed by atoms with Gasteiger partial charge in [0.25, 0.3) is 29.5 Å². The third kappa shape index (κ3) is 9.47. The second-order valence-electron chi connectivity index (χ2n) is 11.8. The molecule has 54 heavy (non-hydrogen) atoms. The van der Waals surface area contributed by atoms with Crippen LogP contribution in [-0.2, 0) is 4.79 Å². The maximum Gasteiger partial charge on any atom is 0.255 e. The third-order valence-electron chi connectivity index (χ3n) is 7.89. The van der Waals surface area contributed by atoms with Gasteiger partial charge in [-0.25, -0.2) is 0 Å². The van der Waals surface area contributed by atoms with Gasteiger partial charge in [0.05, 0.1) is 0 Å². The van der Waals surface area contributed by atoms with E-state index in [-0.39, 0.29) is 28.5 Å². The molecule has 0 radical (unpaired) electrons. The van der Waals surface area contributed by atoms with E-state index >= 15 is 0 Å². The van der Waals surface area contributed by atoms with Crippen LogP contribution in [0.3, 0.4) is 0 Å². The van der Waals surface area contributed by atoms with Crippen LogP contribution in [0, 0.1) is 0 Å². The van der Waals surface area contributed by atoms with E-state index in [1.807, 2.05) is 0 Å². The summed E-state index contributed by atoms with van der Waals surface area (Å²) in [5, 5.41) is 16.4. The van der Waals surface area contributed by atoms with Gasteiger partial charge in [0.1, 0.15) is 0 Å². The van der Waals surface area contributed by atoms with Crippen LogP contribution in [0.25, 0.3) is 0 Å². The first-order valence-corrected chi connectivity index (χ1v) is 16.6. The summed E-state index contributed by atoms with van der Waals surface area (Å²) < 4.78 is 0. The van der Waals surface area contributed by atoms with Crippen molar-refractivity contribution < 1.29 is 28.8 Å². The van der Waals surface area contributed by atoms with Crippen LogP contribution >= 0.6 is 0 Å². The number of carbonyl (C=O) groups excluding carboxylic acids is 6. The van der Waals surface area contributed by atoms with Gasteiger partial charge in [-0.15, -0.1) is 0 Å². The van der Waals surface area contributed by atoms with E-state index in [9.17, 15) is 28.8 Å². The molecule has 0 fully saturated rings. The average Bonchev–Trinajstić information content (AvgIpc) is 3.19. The second-order valence-corrected chi connectivity index (χ2v) is 11.8. The van der Waals surface area contributed by atoms with Crippen LogP contribution in [0.2, 0.25) is 0 Å². The zero-order valence-electron chi connectivity index (χ0n) is 28.5. The Morgan fingerprint density at radius 3 is 0.907 bits per heavy atom. The van der Waals surface area contributed by atoms with Crippen LogP contribution in [0.4, 0.5) is 34.1 Å². The smallest absolute Gasteiger partial charge is 0.255 e. The predicted molar refractivity (Wildman–Crippen MR) is 208 cm³/mol. The monoisotopic (exact) mass is 716 g/mol. The van der Waals surface area contributed by atoms with Gasteiger partial charge in [0, 0.05) is 61.9 Å². The number of benzene rings is 6. The molecule has 0 atom stereocenters. The minimum Gasteiger partial charge on any atom is -0.329 e. The molecule has 266 valence electrons. The van der Waals surface area contributed by atoms with Gasteiger partial charge in [0.15, 0.2) is 0 Å². The molecule has 12 heteroatoms. The van der Waals surface area contributed by atoms with Crippen molar-refractivity contribution in [3.05, 3.63) is 179 Å². The molecule has 12 nitrogen and oxygen atoms in total. The average molecular weight is 717 g/mol. The first-order valence-electron chi connectivity index (χ1n) is 16.6. The molecular weight excluding hydrogens is 684 g/mol. The number of rotatable bonds is 12. The molecule has 0 heterocycles. The summed E-state index contributed by atoms with van der Waals surface area (Å²) in [7, 11) is 0. The highest BCUT2D eigenvalue weighted by molar-refractivity contribution is 6.13. The van der Waals surface area contributed by atoms with Gasteiger partial charge in [-0.2, -0.15) is 0 Å². The van der Waals surface area contributed by atoms with E-state index < -0.39 is 17.7 Å². The van der Waals surface area contributed by atoms with Crippen molar-refractivity contribution in [1.29, 1.82) is 0 Å². The summed E-state index contributed by atoms with van der Waals surface area (Å²) in [4.78, 5) is 77.2. The van der Waals surface area contributed by atoms with Crippen molar-refractivity contribution in [2.45, 2.75) is 0 Å². The lowest BCUT2D eigenvalue weighted by molar-refractivity contribution is -0.105. The molecule has 6 amide bonds. The first kappa shape index (κ1) is 35.9. The molecule has 0 saturated heterocycles. The minimum absolute atomic E-state index is 0.00528. The van der Waals surface area contributed by atoms with E-state index in [1.165, 1.54) is 18.2 Å².